The third-order valence-electron chi connectivity index (χ3n) is 3.03. The lowest BCUT2D eigenvalue weighted by Gasteiger charge is -2.07. The van der Waals surface area contributed by atoms with Gasteiger partial charge < -0.3 is 10.4 Å². The van der Waals surface area contributed by atoms with Gasteiger partial charge in [0.1, 0.15) is 5.75 Å². The number of phenols is 1. The van der Waals surface area contributed by atoms with Crippen LogP contribution >= 0.6 is 0 Å². The Labute approximate surface area is 112 Å². The largest absolute Gasteiger partial charge is 0.508 e. The first-order valence-corrected chi connectivity index (χ1v) is 6.19. The highest BCUT2D eigenvalue weighted by Crippen LogP contribution is 2.16. The summed E-state index contributed by atoms with van der Waals surface area (Å²) in [5.41, 5.74) is 3.52. The molecule has 19 heavy (non-hydrogen) atoms. The summed E-state index contributed by atoms with van der Waals surface area (Å²) in [5, 5.41) is 12.3. The number of rotatable bonds is 3. The van der Waals surface area contributed by atoms with Gasteiger partial charge in [-0.1, -0.05) is 29.8 Å². The Kier molecular flexibility index (Phi) is 3.85. The molecule has 0 radical (unpaired) electrons. The lowest BCUT2D eigenvalue weighted by molar-refractivity contribution is 0.0951. The maximum Gasteiger partial charge on any atom is 0.251 e. The first-order valence-electron chi connectivity index (χ1n) is 6.19. The van der Waals surface area contributed by atoms with Crippen LogP contribution in [0.15, 0.2) is 42.5 Å². The molecule has 2 N–H and O–H groups in total. The van der Waals surface area contributed by atoms with Crippen LogP contribution in [-0.4, -0.2) is 11.0 Å². The molecule has 0 saturated carbocycles. The van der Waals surface area contributed by atoms with Crippen molar-refractivity contribution in [2.24, 2.45) is 0 Å². The normalized spacial score (nSPS) is 10.2. The van der Waals surface area contributed by atoms with Crippen molar-refractivity contribution in [2.75, 3.05) is 0 Å². The van der Waals surface area contributed by atoms with Crippen LogP contribution in [0.1, 0.15) is 27.0 Å². The molecule has 0 saturated heterocycles. The van der Waals surface area contributed by atoms with E-state index in [1.165, 1.54) is 11.6 Å². The number of phenolic OH excluding ortho intramolecular Hbond substituents is 1. The molecule has 1 amide bonds. The standard InChI is InChI=1S/C16H17NO2/c1-11-3-5-13(6-4-11)10-17-16(19)14-7-8-15(18)12(2)9-14/h3-9,18H,10H2,1-2H3,(H,17,19). The van der Waals surface area contributed by atoms with E-state index < -0.39 is 0 Å². The fraction of sp³-hybridized carbons (Fsp3) is 0.188. The zero-order valence-electron chi connectivity index (χ0n) is 11.1. The van der Waals surface area contributed by atoms with Crippen LogP contribution in [0, 0.1) is 13.8 Å². The van der Waals surface area contributed by atoms with Crippen molar-refractivity contribution in [3.63, 3.8) is 0 Å². The van der Waals surface area contributed by atoms with E-state index in [-0.39, 0.29) is 11.7 Å². The molecule has 0 heterocycles. The average molecular weight is 255 g/mol. The second-order valence-electron chi connectivity index (χ2n) is 4.67. The van der Waals surface area contributed by atoms with Crippen LogP contribution in [0.5, 0.6) is 5.75 Å². The second kappa shape index (κ2) is 5.57. The topological polar surface area (TPSA) is 49.3 Å². The fourth-order valence-corrected chi connectivity index (χ4v) is 1.79. The van der Waals surface area contributed by atoms with Crippen LogP contribution in [0.25, 0.3) is 0 Å². The van der Waals surface area contributed by atoms with E-state index >= 15 is 0 Å². The predicted octanol–water partition coefficient (Wildman–Crippen LogP) is 2.94. The molecule has 98 valence electrons. The predicted molar refractivity (Wildman–Crippen MR) is 75.2 cm³/mol. The quantitative estimate of drug-likeness (QED) is 0.886. The van der Waals surface area contributed by atoms with Gasteiger partial charge in [0.2, 0.25) is 0 Å². The minimum absolute atomic E-state index is 0.135. The molecular formula is C16H17NO2. The van der Waals surface area contributed by atoms with Crippen molar-refractivity contribution >= 4 is 5.91 Å². The molecule has 0 bridgehead atoms. The number of nitrogens with one attached hydrogen (secondary N) is 1. The molecule has 2 aromatic carbocycles. The number of hydrogen-bond acceptors (Lipinski definition) is 2. The summed E-state index contributed by atoms with van der Waals surface area (Å²) >= 11 is 0. The van der Waals surface area contributed by atoms with Gasteiger partial charge in [0.25, 0.3) is 5.91 Å². The van der Waals surface area contributed by atoms with Crippen LogP contribution in [0.3, 0.4) is 0 Å². The Hall–Kier alpha value is -2.29. The zero-order valence-corrected chi connectivity index (χ0v) is 11.1. The van der Waals surface area contributed by atoms with Crippen molar-refractivity contribution in [2.45, 2.75) is 20.4 Å². The van der Waals surface area contributed by atoms with Crippen molar-refractivity contribution in [1.82, 2.24) is 5.32 Å². The first kappa shape index (κ1) is 13.1. The zero-order chi connectivity index (χ0) is 13.8. The van der Waals surface area contributed by atoms with Crippen LogP contribution in [0.4, 0.5) is 0 Å². The third kappa shape index (κ3) is 3.35. The van der Waals surface area contributed by atoms with Gasteiger partial charge in [-0.25, -0.2) is 0 Å². The number of carbonyl (C=O) groups excluding carboxylic acids is 1. The molecule has 3 heteroatoms. The summed E-state index contributed by atoms with van der Waals surface area (Å²) in [7, 11) is 0. The van der Waals surface area contributed by atoms with E-state index in [2.05, 4.69) is 5.32 Å². The number of amides is 1. The van der Waals surface area contributed by atoms with Crippen LogP contribution in [-0.2, 0) is 6.54 Å². The highest BCUT2D eigenvalue weighted by Gasteiger charge is 2.07. The molecule has 0 unspecified atom stereocenters. The van der Waals surface area contributed by atoms with Gasteiger partial charge in [0.15, 0.2) is 0 Å². The van der Waals surface area contributed by atoms with E-state index in [4.69, 9.17) is 0 Å². The summed E-state index contributed by atoms with van der Waals surface area (Å²) in [6.07, 6.45) is 0. The lowest BCUT2D eigenvalue weighted by Crippen LogP contribution is -2.22. The Morgan fingerprint density at radius 2 is 1.79 bits per heavy atom. The van der Waals surface area contributed by atoms with Gasteiger partial charge >= 0.3 is 0 Å². The summed E-state index contributed by atoms with van der Waals surface area (Å²) < 4.78 is 0. The second-order valence-corrected chi connectivity index (χ2v) is 4.67. The molecule has 0 spiro atoms. The molecule has 0 aromatic heterocycles. The molecule has 0 aliphatic rings. The number of carbonyl (C=O) groups is 1. The highest BCUT2D eigenvalue weighted by molar-refractivity contribution is 5.94. The molecule has 0 fully saturated rings. The van der Waals surface area contributed by atoms with E-state index in [0.29, 0.717) is 17.7 Å². The van der Waals surface area contributed by atoms with Crippen molar-refractivity contribution in [3.8, 4) is 5.75 Å². The van der Waals surface area contributed by atoms with Crippen molar-refractivity contribution < 1.29 is 9.90 Å². The number of aryl methyl sites for hydroxylation is 2. The summed E-state index contributed by atoms with van der Waals surface area (Å²) in [4.78, 5) is 12.0. The molecular weight excluding hydrogens is 238 g/mol. The molecule has 0 aliphatic carbocycles. The molecule has 0 aliphatic heterocycles. The summed E-state index contributed by atoms with van der Waals surface area (Å²) in [6, 6.07) is 12.9. The van der Waals surface area contributed by atoms with Crippen molar-refractivity contribution in [1.29, 1.82) is 0 Å². The minimum atomic E-state index is -0.135. The van der Waals surface area contributed by atoms with Gasteiger partial charge in [-0.05, 0) is 43.2 Å². The first-order chi connectivity index (χ1) is 9.06. The van der Waals surface area contributed by atoms with Gasteiger partial charge in [0.05, 0.1) is 0 Å². The maximum atomic E-state index is 12.0. The van der Waals surface area contributed by atoms with Gasteiger partial charge in [0, 0.05) is 12.1 Å². The Morgan fingerprint density at radius 3 is 2.42 bits per heavy atom. The van der Waals surface area contributed by atoms with Crippen LogP contribution < -0.4 is 5.32 Å². The molecule has 0 atom stereocenters. The highest BCUT2D eigenvalue weighted by atomic mass is 16.3. The van der Waals surface area contributed by atoms with E-state index in [1.54, 1.807) is 19.1 Å². The third-order valence-corrected chi connectivity index (χ3v) is 3.03. The smallest absolute Gasteiger partial charge is 0.251 e. The lowest BCUT2D eigenvalue weighted by atomic mass is 10.1. The minimum Gasteiger partial charge on any atom is -0.508 e. The SMILES string of the molecule is Cc1ccc(CNC(=O)c2ccc(O)c(C)c2)cc1. The molecule has 3 nitrogen and oxygen atoms in total. The van der Waals surface area contributed by atoms with Crippen LogP contribution in [0.2, 0.25) is 0 Å². The number of benzene rings is 2. The Bertz CT molecular complexity index is 588. The van der Waals surface area contributed by atoms with E-state index in [0.717, 1.165) is 5.56 Å². The van der Waals surface area contributed by atoms with E-state index in [1.807, 2.05) is 31.2 Å². The van der Waals surface area contributed by atoms with Crippen molar-refractivity contribution in [3.05, 3.63) is 64.7 Å². The Morgan fingerprint density at radius 1 is 1.11 bits per heavy atom. The van der Waals surface area contributed by atoms with Gasteiger partial charge in [-0.2, -0.15) is 0 Å². The fourth-order valence-electron chi connectivity index (χ4n) is 1.79. The van der Waals surface area contributed by atoms with Gasteiger partial charge in [-0.15, -0.1) is 0 Å². The molecule has 2 rings (SSSR count). The van der Waals surface area contributed by atoms with E-state index in [9.17, 15) is 9.90 Å². The number of hydrogen-bond donors (Lipinski definition) is 2. The monoisotopic (exact) mass is 255 g/mol. The maximum absolute atomic E-state index is 12.0. The summed E-state index contributed by atoms with van der Waals surface area (Å²) in [5.74, 6) is 0.0683. The molecule has 2 aromatic rings. The average Bonchev–Trinajstić information content (AvgIpc) is 2.41. The van der Waals surface area contributed by atoms with Gasteiger partial charge in [-0.3, -0.25) is 4.79 Å². The Balaban J connectivity index is 2.01. The summed E-state index contributed by atoms with van der Waals surface area (Å²) in [6.45, 7) is 4.30. The number of aromatic hydroxyl groups is 1.